The minimum Gasteiger partial charge on any atom is -0.383 e. The predicted octanol–water partition coefficient (Wildman–Crippen LogP) is 1.04. The molecular formula is C12H19BrN4O2S. The highest BCUT2D eigenvalue weighted by molar-refractivity contribution is 9.10. The van der Waals surface area contributed by atoms with E-state index in [1.807, 2.05) is 14.0 Å². The van der Waals surface area contributed by atoms with E-state index >= 15 is 0 Å². The van der Waals surface area contributed by atoms with Crippen LogP contribution in [-0.2, 0) is 10.0 Å². The molecule has 0 aromatic carbocycles. The van der Waals surface area contributed by atoms with Gasteiger partial charge in [0.15, 0.2) is 0 Å². The van der Waals surface area contributed by atoms with Gasteiger partial charge in [0.2, 0.25) is 10.0 Å². The molecule has 1 saturated heterocycles. The van der Waals surface area contributed by atoms with E-state index in [0.717, 1.165) is 19.5 Å². The Balaban J connectivity index is 2.21. The van der Waals surface area contributed by atoms with Crippen molar-refractivity contribution in [1.82, 2.24) is 14.6 Å². The predicted molar refractivity (Wildman–Crippen MR) is 81.7 cm³/mol. The Hall–Kier alpha value is -0.700. The minimum atomic E-state index is -3.65. The number of anilines is 1. The third-order valence-corrected chi connectivity index (χ3v) is 5.51. The molecule has 6 nitrogen and oxygen atoms in total. The number of rotatable bonds is 3. The Bertz CT molecular complexity index is 593. The first-order chi connectivity index (χ1) is 9.29. The highest BCUT2D eigenvalue weighted by Crippen LogP contribution is 2.23. The van der Waals surface area contributed by atoms with Gasteiger partial charge >= 0.3 is 0 Å². The van der Waals surface area contributed by atoms with Crippen LogP contribution in [0, 0.1) is 5.92 Å². The van der Waals surface area contributed by atoms with Gasteiger partial charge in [-0.25, -0.2) is 18.1 Å². The van der Waals surface area contributed by atoms with Crippen LogP contribution in [0.1, 0.15) is 13.3 Å². The van der Waals surface area contributed by atoms with Gasteiger partial charge in [0.05, 0.1) is 0 Å². The molecule has 1 fully saturated rings. The van der Waals surface area contributed by atoms with E-state index in [9.17, 15) is 8.42 Å². The van der Waals surface area contributed by atoms with Gasteiger partial charge in [-0.15, -0.1) is 0 Å². The molecule has 1 aliphatic rings. The second-order valence-electron chi connectivity index (χ2n) is 5.29. The van der Waals surface area contributed by atoms with E-state index in [2.05, 4.69) is 30.5 Å². The van der Waals surface area contributed by atoms with E-state index in [4.69, 9.17) is 5.73 Å². The summed E-state index contributed by atoms with van der Waals surface area (Å²) >= 11 is 3.22. The first-order valence-electron chi connectivity index (χ1n) is 6.41. The summed E-state index contributed by atoms with van der Waals surface area (Å²) in [5.74, 6) is 0.270. The number of aromatic nitrogens is 1. The second kappa shape index (κ2) is 5.97. The normalized spacial score (nSPS) is 24.8. The van der Waals surface area contributed by atoms with Crippen LogP contribution in [-0.4, -0.2) is 44.5 Å². The van der Waals surface area contributed by atoms with Gasteiger partial charge in [-0.3, -0.25) is 0 Å². The Kier molecular flexibility index (Phi) is 4.68. The molecule has 112 valence electrons. The van der Waals surface area contributed by atoms with Crippen molar-refractivity contribution in [1.29, 1.82) is 0 Å². The van der Waals surface area contributed by atoms with Crippen molar-refractivity contribution in [3.63, 3.8) is 0 Å². The number of nitrogens with zero attached hydrogens (tertiary/aromatic N) is 2. The molecule has 0 aliphatic carbocycles. The summed E-state index contributed by atoms with van der Waals surface area (Å²) in [4.78, 5) is 6.10. The van der Waals surface area contributed by atoms with Crippen LogP contribution in [0.5, 0.6) is 0 Å². The van der Waals surface area contributed by atoms with Gasteiger partial charge in [0.25, 0.3) is 0 Å². The summed E-state index contributed by atoms with van der Waals surface area (Å²) in [5.41, 5.74) is 5.68. The summed E-state index contributed by atoms with van der Waals surface area (Å²) < 4.78 is 28.2. The average Bonchev–Trinajstić information content (AvgIpc) is 2.35. The van der Waals surface area contributed by atoms with E-state index in [1.165, 1.54) is 12.3 Å². The number of nitrogens with two attached hydrogens (primary N) is 1. The van der Waals surface area contributed by atoms with Gasteiger partial charge in [-0.05, 0) is 47.9 Å². The number of hydrogen-bond acceptors (Lipinski definition) is 5. The molecule has 0 saturated carbocycles. The number of nitrogen functional groups attached to an aromatic ring is 1. The van der Waals surface area contributed by atoms with Crippen LogP contribution < -0.4 is 10.5 Å². The molecule has 2 atom stereocenters. The zero-order valence-electron chi connectivity index (χ0n) is 11.5. The summed E-state index contributed by atoms with van der Waals surface area (Å²) in [6.45, 7) is 3.80. The molecular weight excluding hydrogens is 344 g/mol. The van der Waals surface area contributed by atoms with Gasteiger partial charge in [-0.2, -0.15) is 0 Å². The van der Waals surface area contributed by atoms with Crippen molar-refractivity contribution in [2.24, 2.45) is 5.92 Å². The smallest absolute Gasteiger partial charge is 0.244 e. The third kappa shape index (κ3) is 3.49. The lowest BCUT2D eigenvalue weighted by molar-refractivity contribution is 0.188. The fourth-order valence-corrected chi connectivity index (χ4v) is 4.41. The SMILES string of the molecule is CC1CN(C)CCC1NS(=O)(=O)c1cc(Br)cnc1N. The van der Waals surface area contributed by atoms with E-state index in [-0.39, 0.29) is 22.7 Å². The first-order valence-corrected chi connectivity index (χ1v) is 8.69. The van der Waals surface area contributed by atoms with Crippen LogP contribution in [0.25, 0.3) is 0 Å². The molecule has 1 aliphatic heterocycles. The number of halogens is 1. The van der Waals surface area contributed by atoms with Crippen LogP contribution in [0.2, 0.25) is 0 Å². The largest absolute Gasteiger partial charge is 0.383 e. The Labute approximate surface area is 127 Å². The quantitative estimate of drug-likeness (QED) is 0.838. The monoisotopic (exact) mass is 362 g/mol. The van der Waals surface area contributed by atoms with E-state index in [1.54, 1.807) is 0 Å². The first kappa shape index (κ1) is 15.7. The van der Waals surface area contributed by atoms with Crippen LogP contribution in [0.4, 0.5) is 5.82 Å². The molecule has 0 spiro atoms. The topological polar surface area (TPSA) is 88.3 Å². The van der Waals surface area contributed by atoms with Crippen molar-refractivity contribution in [2.75, 3.05) is 25.9 Å². The average molecular weight is 363 g/mol. The van der Waals surface area contributed by atoms with Gasteiger partial charge in [0, 0.05) is 23.3 Å². The maximum Gasteiger partial charge on any atom is 0.244 e. The number of hydrogen-bond donors (Lipinski definition) is 2. The molecule has 1 aromatic rings. The minimum absolute atomic E-state index is 0.0151. The van der Waals surface area contributed by atoms with Gasteiger partial charge in [-0.1, -0.05) is 6.92 Å². The molecule has 3 N–H and O–H groups in total. The Morgan fingerprint density at radius 3 is 2.90 bits per heavy atom. The lowest BCUT2D eigenvalue weighted by Gasteiger charge is -2.34. The van der Waals surface area contributed by atoms with Crippen molar-refractivity contribution in [2.45, 2.75) is 24.3 Å². The molecule has 0 amide bonds. The summed E-state index contributed by atoms with van der Waals surface area (Å²) in [7, 11) is -1.61. The van der Waals surface area contributed by atoms with E-state index in [0.29, 0.717) is 4.47 Å². The van der Waals surface area contributed by atoms with Crippen molar-refractivity contribution in [3.05, 3.63) is 16.7 Å². The van der Waals surface area contributed by atoms with Crippen molar-refractivity contribution >= 4 is 31.8 Å². The van der Waals surface area contributed by atoms with E-state index < -0.39 is 10.0 Å². The summed E-state index contributed by atoms with van der Waals surface area (Å²) in [6, 6.07) is 1.40. The molecule has 8 heteroatoms. The zero-order chi connectivity index (χ0) is 14.9. The van der Waals surface area contributed by atoms with Gasteiger partial charge < -0.3 is 10.6 Å². The van der Waals surface area contributed by atoms with Crippen LogP contribution in [0.15, 0.2) is 21.6 Å². The molecule has 2 heterocycles. The number of likely N-dealkylation sites (tertiary alicyclic amines) is 1. The van der Waals surface area contributed by atoms with Crippen molar-refractivity contribution < 1.29 is 8.42 Å². The molecule has 2 unspecified atom stereocenters. The fraction of sp³-hybridized carbons (Fsp3) is 0.583. The molecule has 2 rings (SSSR count). The van der Waals surface area contributed by atoms with Crippen molar-refractivity contribution in [3.8, 4) is 0 Å². The number of sulfonamides is 1. The molecule has 1 aromatic heterocycles. The Morgan fingerprint density at radius 1 is 1.55 bits per heavy atom. The van der Waals surface area contributed by atoms with Crippen LogP contribution >= 0.6 is 15.9 Å². The number of piperidine rings is 1. The fourth-order valence-electron chi connectivity index (χ4n) is 2.44. The number of nitrogens with one attached hydrogen (secondary N) is 1. The summed E-state index contributed by atoms with van der Waals surface area (Å²) in [6.07, 6.45) is 2.27. The molecule has 0 radical (unpaired) electrons. The number of pyridine rings is 1. The van der Waals surface area contributed by atoms with Gasteiger partial charge in [0.1, 0.15) is 10.7 Å². The molecule has 20 heavy (non-hydrogen) atoms. The zero-order valence-corrected chi connectivity index (χ0v) is 13.9. The third-order valence-electron chi connectivity index (χ3n) is 3.55. The highest BCUT2D eigenvalue weighted by Gasteiger charge is 2.29. The maximum atomic E-state index is 12.4. The maximum absolute atomic E-state index is 12.4. The standard InChI is InChI=1S/C12H19BrN4O2S/c1-8-7-17(2)4-3-10(8)16-20(18,19)11-5-9(13)6-15-12(11)14/h5-6,8,10,16H,3-4,7H2,1-2H3,(H2,14,15). The Morgan fingerprint density at radius 2 is 2.25 bits per heavy atom. The van der Waals surface area contributed by atoms with Crippen LogP contribution in [0.3, 0.4) is 0 Å². The molecule has 0 bridgehead atoms. The lowest BCUT2D eigenvalue weighted by atomic mass is 9.95. The lowest BCUT2D eigenvalue weighted by Crippen LogP contribution is -2.48. The highest BCUT2D eigenvalue weighted by atomic mass is 79.9. The summed E-state index contributed by atoms with van der Waals surface area (Å²) in [5, 5.41) is 0. The second-order valence-corrected chi connectivity index (χ2v) is 7.89.